The van der Waals surface area contributed by atoms with Crippen molar-refractivity contribution in [2.75, 3.05) is 25.0 Å². The molecule has 0 aliphatic heterocycles. The fourth-order valence-corrected chi connectivity index (χ4v) is 1.60. The third kappa shape index (κ3) is 3.97. The van der Waals surface area contributed by atoms with Crippen molar-refractivity contribution >= 4 is 5.95 Å². The molecule has 4 heteroatoms. The Morgan fingerprint density at radius 3 is 2.24 bits per heavy atom. The predicted molar refractivity (Wildman–Crippen MR) is 72.2 cm³/mol. The highest BCUT2D eigenvalue weighted by Gasteiger charge is 2.19. The minimum Gasteiger partial charge on any atom is -0.343 e. The van der Waals surface area contributed by atoms with Crippen LogP contribution < -0.4 is 10.6 Å². The Labute approximate surface area is 104 Å². The minimum absolute atomic E-state index is 0.0782. The highest BCUT2D eigenvalue weighted by Crippen LogP contribution is 2.18. The Bertz CT molecular complexity index is 343. The first-order valence-corrected chi connectivity index (χ1v) is 6.09. The van der Waals surface area contributed by atoms with Crippen LogP contribution in [0.4, 0.5) is 5.95 Å². The zero-order valence-corrected chi connectivity index (χ0v) is 11.6. The lowest BCUT2D eigenvalue weighted by atomic mass is 9.93. The van der Waals surface area contributed by atoms with E-state index in [-0.39, 0.29) is 5.41 Å². The highest BCUT2D eigenvalue weighted by molar-refractivity contribution is 5.29. The number of nitrogens with zero attached hydrogens (tertiary/aromatic N) is 3. The molecule has 17 heavy (non-hydrogen) atoms. The SMILES string of the molecule is CC(C)c1cnc(N(C)CC(C)(C)CN)nc1. The Morgan fingerprint density at radius 2 is 1.82 bits per heavy atom. The molecule has 1 aromatic rings. The van der Waals surface area contributed by atoms with Crippen LogP contribution in [0, 0.1) is 5.41 Å². The van der Waals surface area contributed by atoms with Gasteiger partial charge in [-0.05, 0) is 23.4 Å². The number of hydrogen-bond acceptors (Lipinski definition) is 4. The van der Waals surface area contributed by atoms with E-state index in [0.717, 1.165) is 12.5 Å². The van der Waals surface area contributed by atoms with Gasteiger partial charge in [0, 0.05) is 26.0 Å². The van der Waals surface area contributed by atoms with Crippen LogP contribution in [0.15, 0.2) is 12.4 Å². The fraction of sp³-hybridized carbons (Fsp3) is 0.692. The van der Waals surface area contributed by atoms with Gasteiger partial charge in [-0.1, -0.05) is 27.7 Å². The second kappa shape index (κ2) is 5.45. The molecule has 0 amide bonds. The van der Waals surface area contributed by atoms with E-state index in [9.17, 15) is 0 Å². The second-order valence-electron chi connectivity index (χ2n) is 5.70. The summed E-state index contributed by atoms with van der Waals surface area (Å²) < 4.78 is 0. The fourth-order valence-electron chi connectivity index (χ4n) is 1.60. The van der Waals surface area contributed by atoms with Crippen LogP contribution in [0.25, 0.3) is 0 Å². The molecule has 0 spiro atoms. The summed E-state index contributed by atoms with van der Waals surface area (Å²) in [6.07, 6.45) is 3.80. The van der Waals surface area contributed by atoms with E-state index < -0.39 is 0 Å². The van der Waals surface area contributed by atoms with Crippen molar-refractivity contribution in [3.8, 4) is 0 Å². The van der Waals surface area contributed by atoms with Crippen LogP contribution in [0.1, 0.15) is 39.2 Å². The monoisotopic (exact) mass is 236 g/mol. The molecule has 0 radical (unpaired) electrons. The lowest BCUT2D eigenvalue weighted by Gasteiger charge is -2.29. The molecule has 4 nitrogen and oxygen atoms in total. The number of anilines is 1. The molecule has 1 heterocycles. The maximum Gasteiger partial charge on any atom is 0.225 e. The number of rotatable bonds is 5. The van der Waals surface area contributed by atoms with Gasteiger partial charge in [-0.3, -0.25) is 0 Å². The average Bonchev–Trinajstić information content (AvgIpc) is 2.28. The first-order chi connectivity index (χ1) is 7.85. The third-order valence-electron chi connectivity index (χ3n) is 2.88. The van der Waals surface area contributed by atoms with Gasteiger partial charge in [-0.15, -0.1) is 0 Å². The molecule has 1 aromatic heterocycles. The molecule has 0 saturated heterocycles. The Hall–Kier alpha value is -1.16. The summed E-state index contributed by atoms with van der Waals surface area (Å²) in [5.74, 6) is 1.23. The molecule has 1 rings (SSSR count). The van der Waals surface area contributed by atoms with Crippen molar-refractivity contribution in [3.05, 3.63) is 18.0 Å². The number of aromatic nitrogens is 2. The quantitative estimate of drug-likeness (QED) is 0.850. The van der Waals surface area contributed by atoms with Crippen molar-refractivity contribution in [1.29, 1.82) is 0 Å². The van der Waals surface area contributed by atoms with Crippen molar-refractivity contribution in [1.82, 2.24) is 9.97 Å². The van der Waals surface area contributed by atoms with Gasteiger partial charge in [0.05, 0.1) is 0 Å². The number of nitrogens with two attached hydrogens (primary N) is 1. The van der Waals surface area contributed by atoms with Crippen LogP contribution in [-0.2, 0) is 0 Å². The van der Waals surface area contributed by atoms with Crippen LogP contribution >= 0.6 is 0 Å². The zero-order valence-electron chi connectivity index (χ0n) is 11.6. The molecule has 0 atom stereocenters. The first kappa shape index (κ1) is 13.9. The van der Waals surface area contributed by atoms with Gasteiger partial charge >= 0.3 is 0 Å². The molecular weight excluding hydrogens is 212 g/mol. The van der Waals surface area contributed by atoms with Crippen molar-refractivity contribution in [3.63, 3.8) is 0 Å². The van der Waals surface area contributed by atoms with Gasteiger partial charge in [0.25, 0.3) is 0 Å². The minimum atomic E-state index is 0.0782. The van der Waals surface area contributed by atoms with E-state index in [1.807, 2.05) is 19.4 Å². The zero-order chi connectivity index (χ0) is 13.1. The summed E-state index contributed by atoms with van der Waals surface area (Å²) in [5, 5.41) is 0. The summed E-state index contributed by atoms with van der Waals surface area (Å²) in [4.78, 5) is 10.8. The largest absolute Gasteiger partial charge is 0.343 e. The Balaban J connectivity index is 2.73. The molecular formula is C13H24N4. The van der Waals surface area contributed by atoms with Crippen molar-refractivity contribution < 1.29 is 0 Å². The topological polar surface area (TPSA) is 55.0 Å². The van der Waals surface area contributed by atoms with Gasteiger partial charge in [-0.25, -0.2) is 9.97 Å². The highest BCUT2D eigenvalue weighted by atomic mass is 15.2. The average molecular weight is 236 g/mol. The lowest BCUT2D eigenvalue weighted by molar-refractivity contribution is 0.383. The first-order valence-electron chi connectivity index (χ1n) is 6.09. The molecule has 96 valence electrons. The van der Waals surface area contributed by atoms with Crippen molar-refractivity contribution in [2.24, 2.45) is 11.1 Å². The summed E-state index contributed by atoms with van der Waals surface area (Å²) in [5.41, 5.74) is 6.97. The standard InChI is InChI=1S/C13H24N4/c1-10(2)11-6-15-12(16-7-11)17(5)9-13(3,4)8-14/h6-7,10H,8-9,14H2,1-5H3. The summed E-state index contributed by atoms with van der Waals surface area (Å²) in [6.45, 7) is 10.1. The summed E-state index contributed by atoms with van der Waals surface area (Å²) in [6, 6.07) is 0. The second-order valence-corrected chi connectivity index (χ2v) is 5.70. The summed E-state index contributed by atoms with van der Waals surface area (Å²) in [7, 11) is 2.00. The molecule has 2 N–H and O–H groups in total. The van der Waals surface area contributed by atoms with Crippen LogP contribution in [0.5, 0.6) is 0 Å². The van der Waals surface area contributed by atoms with Gasteiger partial charge in [-0.2, -0.15) is 0 Å². The molecule has 0 aromatic carbocycles. The van der Waals surface area contributed by atoms with E-state index >= 15 is 0 Å². The smallest absolute Gasteiger partial charge is 0.225 e. The molecule has 0 saturated carbocycles. The van der Waals surface area contributed by atoms with E-state index in [1.165, 1.54) is 5.56 Å². The van der Waals surface area contributed by atoms with Crippen molar-refractivity contribution in [2.45, 2.75) is 33.6 Å². The third-order valence-corrected chi connectivity index (χ3v) is 2.88. The maximum atomic E-state index is 5.73. The molecule has 0 bridgehead atoms. The molecule has 0 aliphatic carbocycles. The van der Waals surface area contributed by atoms with Gasteiger partial charge in [0.15, 0.2) is 0 Å². The molecule has 0 aliphatic rings. The van der Waals surface area contributed by atoms with Crippen LogP contribution in [0.2, 0.25) is 0 Å². The van der Waals surface area contributed by atoms with E-state index in [4.69, 9.17) is 5.73 Å². The predicted octanol–water partition coefficient (Wildman–Crippen LogP) is 2.02. The number of hydrogen-bond donors (Lipinski definition) is 1. The van der Waals surface area contributed by atoms with E-state index in [0.29, 0.717) is 12.5 Å². The van der Waals surface area contributed by atoms with Gasteiger partial charge < -0.3 is 10.6 Å². The van der Waals surface area contributed by atoms with Gasteiger partial charge in [0.1, 0.15) is 0 Å². The van der Waals surface area contributed by atoms with Gasteiger partial charge in [0.2, 0.25) is 5.95 Å². The Morgan fingerprint density at radius 1 is 1.29 bits per heavy atom. The maximum absolute atomic E-state index is 5.73. The Kier molecular flexibility index (Phi) is 4.46. The normalized spacial score (nSPS) is 11.9. The van der Waals surface area contributed by atoms with E-state index in [1.54, 1.807) is 0 Å². The molecule has 0 fully saturated rings. The van der Waals surface area contributed by atoms with Crippen LogP contribution in [-0.4, -0.2) is 30.1 Å². The summed E-state index contributed by atoms with van der Waals surface area (Å²) >= 11 is 0. The van der Waals surface area contributed by atoms with E-state index in [2.05, 4.69) is 42.6 Å². The van der Waals surface area contributed by atoms with Crippen LogP contribution in [0.3, 0.4) is 0 Å². The lowest BCUT2D eigenvalue weighted by Crippen LogP contribution is -2.37. The molecule has 0 unspecified atom stereocenters.